The van der Waals surface area contributed by atoms with Gasteiger partial charge in [-0.2, -0.15) is 0 Å². The lowest BCUT2D eigenvalue weighted by Crippen LogP contribution is -2.46. The summed E-state index contributed by atoms with van der Waals surface area (Å²) in [6.45, 7) is 8.11. The minimum Gasteiger partial charge on any atom is -0.490 e. The molecule has 1 amide bonds. The monoisotopic (exact) mass is 404 g/mol. The molecule has 1 aliphatic rings. The maximum Gasteiger partial charge on any atom is 0.251 e. The van der Waals surface area contributed by atoms with Gasteiger partial charge in [-0.25, -0.2) is 0 Å². The van der Waals surface area contributed by atoms with Crippen LogP contribution in [-0.2, 0) is 0 Å². The lowest BCUT2D eigenvalue weighted by molar-refractivity contribution is 0.0925. The minimum atomic E-state index is -0.123. The van der Waals surface area contributed by atoms with Crippen LogP contribution in [-0.4, -0.2) is 37.7 Å². The van der Waals surface area contributed by atoms with Gasteiger partial charge in [0, 0.05) is 17.6 Å². The van der Waals surface area contributed by atoms with Gasteiger partial charge in [0.15, 0.2) is 11.5 Å². The Kier molecular flexibility index (Phi) is 10.1. The van der Waals surface area contributed by atoms with Crippen LogP contribution in [0.3, 0.4) is 0 Å². The summed E-state index contributed by atoms with van der Waals surface area (Å²) in [5.74, 6) is 0.918. The average molecular weight is 405 g/mol. The molecule has 2 unspecified atom stereocenters. The molecular weight excluding hydrogens is 375 g/mol. The number of ether oxygens (including phenoxy) is 2. The molecule has 148 valence electrons. The zero-order valence-electron chi connectivity index (χ0n) is 15.8. The molecule has 26 heavy (non-hydrogen) atoms. The number of rotatable bonds is 8. The summed E-state index contributed by atoms with van der Waals surface area (Å²) in [6, 6.07) is 3.97. The van der Waals surface area contributed by atoms with Crippen molar-refractivity contribution in [2.45, 2.75) is 58.5 Å². The van der Waals surface area contributed by atoms with Crippen molar-refractivity contribution < 1.29 is 14.3 Å². The Hall–Kier alpha value is -1.17. The van der Waals surface area contributed by atoms with Crippen LogP contribution in [0.5, 0.6) is 11.5 Å². The van der Waals surface area contributed by atoms with Crippen LogP contribution in [0.25, 0.3) is 0 Å². The third-order valence-electron chi connectivity index (χ3n) is 4.27. The number of carbonyl (C=O) groups excluding carboxylic acids is 1. The highest BCUT2D eigenvalue weighted by Gasteiger charge is 2.22. The highest BCUT2D eigenvalue weighted by atomic mass is 35.5. The van der Waals surface area contributed by atoms with Crippen LogP contribution in [0, 0.1) is 0 Å². The van der Waals surface area contributed by atoms with Crippen molar-refractivity contribution >= 4 is 29.9 Å². The number of piperidine rings is 1. The van der Waals surface area contributed by atoms with Gasteiger partial charge in [0.2, 0.25) is 0 Å². The second-order valence-electron chi connectivity index (χ2n) is 6.47. The first kappa shape index (κ1) is 22.9. The molecule has 7 heteroatoms. The van der Waals surface area contributed by atoms with Crippen LogP contribution >= 0.6 is 24.0 Å². The van der Waals surface area contributed by atoms with Gasteiger partial charge in [0.1, 0.15) is 0 Å². The molecule has 1 aromatic carbocycles. The van der Waals surface area contributed by atoms with E-state index in [1.165, 1.54) is 0 Å². The van der Waals surface area contributed by atoms with Gasteiger partial charge in [-0.3, -0.25) is 4.79 Å². The first-order chi connectivity index (χ1) is 12.0. The molecule has 5 nitrogen and oxygen atoms in total. The quantitative estimate of drug-likeness (QED) is 0.637. The van der Waals surface area contributed by atoms with Crippen molar-refractivity contribution in [1.82, 2.24) is 10.6 Å². The molecule has 0 saturated carbocycles. The van der Waals surface area contributed by atoms with Crippen LogP contribution < -0.4 is 20.1 Å². The van der Waals surface area contributed by atoms with E-state index in [0.717, 1.165) is 32.2 Å². The molecule has 0 aliphatic carbocycles. The zero-order chi connectivity index (χ0) is 18.2. The molecule has 1 heterocycles. The Morgan fingerprint density at radius 3 is 2.77 bits per heavy atom. The summed E-state index contributed by atoms with van der Waals surface area (Å²) in [4.78, 5) is 12.6. The van der Waals surface area contributed by atoms with Crippen molar-refractivity contribution in [2.24, 2.45) is 0 Å². The number of carbonyl (C=O) groups is 1. The van der Waals surface area contributed by atoms with E-state index in [4.69, 9.17) is 21.1 Å². The summed E-state index contributed by atoms with van der Waals surface area (Å²) in [6.07, 6.45) is 3.84. The molecule has 0 spiro atoms. The van der Waals surface area contributed by atoms with Gasteiger partial charge in [-0.15, -0.1) is 12.4 Å². The van der Waals surface area contributed by atoms with Crippen LogP contribution in [0.4, 0.5) is 0 Å². The molecule has 1 aromatic rings. The van der Waals surface area contributed by atoms with Gasteiger partial charge >= 0.3 is 0 Å². The zero-order valence-corrected chi connectivity index (χ0v) is 17.3. The first-order valence-corrected chi connectivity index (χ1v) is 9.56. The minimum absolute atomic E-state index is 0. The van der Waals surface area contributed by atoms with Crippen molar-refractivity contribution in [3.8, 4) is 11.5 Å². The van der Waals surface area contributed by atoms with E-state index < -0.39 is 0 Å². The molecule has 1 saturated heterocycles. The average Bonchev–Trinajstić information content (AvgIpc) is 2.57. The van der Waals surface area contributed by atoms with E-state index in [-0.39, 0.29) is 24.4 Å². The number of nitrogens with one attached hydrogen (secondary N) is 2. The summed E-state index contributed by atoms with van der Waals surface area (Å²) in [7, 11) is 0. The van der Waals surface area contributed by atoms with E-state index in [2.05, 4.69) is 24.5 Å². The number of hydrogen-bond donors (Lipinski definition) is 2. The molecule has 0 aromatic heterocycles. The lowest BCUT2D eigenvalue weighted by Gasteiger charge is -2.28. The second kappa shape index (κ2) is 11.5. The number of halogens is 2. The van der Waals surface area contributed by atoms with Crippen molar-refractivity contribution in [1.29, 1.82) is 0 Å². The van der Waals surface area contributed by atoms with E-state index in [1.807, 2.05) is 6.92 Å². The molecule has 2 atom stereocenters. The summed E-state index contributed by atoms with van der Waals surface area (Å²) >= 11 is 6.36. The normalized spacial score (nSPS) is 19.4. The van der Waals surface area contributed by atoms with Crippen molar-refractivity contribution in [3.63, 3.8) is 0 Å². The van der Waals surface area contributed by atoms with E-state index in [0.29, 0.717) is 41.3 Å². The highest BCUT2D eigenvalue weighted by Crippen LogP contribution is 2.37. The Labute approximate surface area is 167 Å². The Morgan fingerprint density at radius 1 is 1.35 bits per heavy atom. The Bertz CT molecular complexity index is 584. The molecule has 0 radical (unpaired) electrons. The van der Waals surface area contributed by atoms with E-state index in [1.54, 1.807) is 12.1 Å². The van der Waals surface area contributed by atoms with Gasteiger partial charge in [0.25, 0.3) is 5.91 Å². The fourth-order valence-electron chi connectivity index (χ4n) is 2.95. The van der Waals surface area contributed by atoms with Crippen LogP contribution in [0.15, 0.2) is 12.1 Å². The Morgan fingerprint density at radius 2 is 2.12 bits per heavy atom. The fourth-order valence-corrected chi connectivity index (χ4v) is 3.22. The maximum atomic E-state index is 12.6. The summed E-state index contributed by atoms with van der Waals surface area (Å²) in [5, 5.41) is 6.89. The van der Waals surface area contributed by atoms with Gasteiger partial charge in [-0.05, 0) is 51.8 Å². The number of unbranched alkanes of at least 4 members (excludes halogenated alkanes) is 1. The molecular formula is C19H30Cl2N2O3. The standard InChI is InChI=1S/C19H29ClN2O3.ClH/c1-4-6-9-25-18-16(20)11-14(12-17(18)24-5-2)19(23)22-15-7-8-21-13(3)10-15;/h11-13,15,21H,4-10H2,1-3H3,(H,22,23);1H. The van der Waals surface area contributed by atoms with E-state index in [9.17, 15) is 4.79 Å². The lowest BCUT2D eigenvalue weighted by atomic mass is 10.00. The molecule has 1 aliphatic heterocycles. The molecule has 2 rings (SSSR count). The smallest absolute Gasteiger partial charge is 0.251 e. The third-order valence-corrected chi connectivity index (χ3v) is 4.56. The number of hydrogen-bond acceptors (Lipinski definition) is 4. The van der Waals surface area contributed by atoms with Crippen LogP contribution in [0.1, 0.15) is 56.8 Å². The first-order valence-electron chi connectivity index (χ1n) is 9.18. The number of amides is 1. The third kappa shape index (κ3) is 6.53. The van der Waals surface area contributed by atoms with Crippen molar-refractivity contribution in [3.05, 3.63) is 22.7 Å². The van der Waals surface area contributed by atoms with Gasteiger partial charge in [-0.1, -0.05) is 24.9 Å². The summed E-state index contributed by atoms with van der Waals surface area (Å²) < 4.78 is 11.4. The second-order valence-corrected chi connectivity index (χ2v) is 6.88. The maximum absolute atomic E-state index is 12.6. The van der Waals surface area contributed by atoms with E-state index >= 15 is 0 Å². The highest BCUT2D eigenvalue weighted by molar-refractivity contribution is 6.32. The molecule has 0 bridgehead atoms. The summed E-state index contributed by atoms with van der Waals surface area (Å²) in [5.41, 5.74) is 0.502. The largest absolute Gasteiger partial charge is 0.490 e. The van der Waals surface area contributed by atoms with Crippen LogP contribution in [0.2, 0.25) is 5.02 Å². The number of benzene rings is 1. The molecule has 1 fully saturated rings. The van der Waals surface area contributed by atoms with Gasteiger partial charge < -0.3 is 20.1 Å². The predicted molar refractivity (Wildman–Crippen MR) is 108 cm³/mol. The topological polar surface area (TPSA) is 59.6 Å². The Balaban J connectivity index is 0.00000338. The molecule has 2 N–H and O–H groups in total. The van der Waals surface area contributed by atoms with Gasteiger partial charge in [0.05, 0.1) is 18.2 Å². The predicted octanol–water partition coefficient (Wildman–Crippen LogP) is 4.21. The fraction of sp³-hybridized carbons (Fsp3) is 0.632. The SMILES string of the molecule is CCCCOc1c(Cl)cc(C(=O)NC2CCNC(C)C2)cc1OCC.Cl. The van der Waals surface area contributed by atoms with Crippen molar-refractivity contribution in [2.75, 3.05) is 19.8 Å².